The van der Waals surface area contributed by atoms with E-state index in [0.29, 0.717) is 0 Å². The van der Waals surface area contributed by atoms with Gasteiger partial charge in [-0.2, -0.15) is 0 Å². The second kappa shape index (κ2) is 14.2. The molecular formula is C57H39B2N3Si. The van der Waals surface area contributed by atoms with Crippen molar-refractivity contribution in [1.82, 2.24) is 4.98 Å². The van der Waals surface area contributed by atoms with Crippen molar-refractivity contribution in [3.8, 4) is 0 Å². The summed E-state index contributed by atoms with van der Waals surface area (Å²) in [6, 6.07) is 86.5. The average molecular weight is 816 g/mol. The van der Waals surface area contributed by atoms with Gasteiger partial charge in [0.25, 0.3) is 0 Å². The van der Waals surface area contributed by atoms with Crippen molar-refractivity contribution >= 4 is 120 Å². The van der Waals surface area contributed by atoms with Gasteiger partial charge < -0.3 is 9.80 Å². The lowest BCUT2D eigenvalue weighted by atomic mass is 9.30. The minimum atomic E-state index is -3.09. The third-order valence-electron chi connectivity index (χ3n) is 13.9. The third-order valence-corrected chi connectivity index (χ3v) is 18.8. The van der Waals surface area contributed by atoms with Crippen LogP contribution >= 0.6 is 0 Å². The first-order valence-corrected chi connectivity index (χ1v) is 24.0. The van der Waals surface area contributed by atoms with Gasteiger partial charge in [-0.1, -0.05) is 199 Å². The Kier molecular flexibility index (Phi) is 8.12. The molecule has 292 valence electrons. The summed E-state index contributed by atoms with van der Waals surface area (Å²) in [7, 11) is -3.09. The van der Waals surface area contributed by atoms with Crippen LogP contribution in [0.5, 0.6) is 0 Å². The summed E-state index contributed by atoms with van der Waals surface area (Å²) in [6.45, 7) is -0.0716. The number of pyridine rings is 1. The number of nitrogens with zero attached hydrogens (tertiary/aromatic N) is 3. The lowest BCUT2D eigenvalue weighted by Gasteiger charge is -2.50. The van der Waals surface area contributed by atoms with Gasteiger partial charge in [-0.3, -0.25) is 4.98 Å². The summed E-state index contributed by atoms with van der Waals surface area (Å²) in [5, 5.41) is 6.75. The van der Waals surface area contributed by atoms with E-state index in [0.717, 1.165) is 22.3 Å². The molecule has 0 unspecified atom stereocenters. The minimum absolute atomic E-state index is 0.00183. The predicted octanol–water partition coefficient (Wildman–Crippen LogP) is 6.52. The maximum atomic E-state index is 5.14. The highest BCUT2D eigenvalue weighted by Crippen LogP contribution is 2.44. The average Bonchev–Trinajstić information content (AvgIpc) is 3.36. The normalized spacial score (nSPS) is 14.0. The molecule has 4 heterocycles. The number of rotatable bonds is 5. The van der Waals surface area contributed by atoms with E-state index in [4.69, 9.17) is 4.98 Å². The van der Waals surface area contributed by atoms with Gasteiger partial charge in [0.15, 0.2) is 8.07 Å². The van der Waals surface area contributed by atoms with Crippen LogP contribution < -0.4 is 63.3 Å². The van der Waals surface area contributed by atoms with E-state index in [1.165, 1.54) is 76.3 Å². The molecule has 9 aromatic carbocycles. The van der Waals surface area contributed by atoms with Crippen LogP contribution in [-0.4, -0.2) is 26.5 Å². The molecule has 0 aliphatic carbocycles. The quantitative estimate of drug-likeness (QED) is 0.185. The Balaban J connectivity index is 1.30. The minimum Gasteiger partial charge on any atom is -0.312 e. The van der Waals surface area contributed by atoms with Gasteiger partial charge in [0.2, 0.25) is 13.4 Å². The van der Waals surface area contributed by atoms with E-state index in [-0.39, 0.29) is 13.4 Å². The monoisotopic (exact) mass is 815 g/mol. The number of aromatic nitrogens is 1. The SMILES string of the molecule is c1ccc(B2c3ccccc3N(c3cccc4cccnc34)c3cc4c5c(c32)N(c2ccccc2)c2ccccc2B5c2ccccc2[Si]4(c2ccccc2)c2ccccc2)cc1. The summed E-state index contributed by atoms with van der Waals surface area (Å²) in [5.74, 6) is 0. The van der Waals surface area contributed by atoms with Crippen LogP contribution in [0.4, 0.5) is 34.1 Å². The van der Waals surface area contributed by atoms with Crippen molar-refractivity contribution in [3.63, 3.8) is 0 Å². The molecule has 0 fully saturated rings. The molecule has 0 saturated carbocycles. The zero-order valence-electron chi connectivity index (χ0n) is 34.5. The van der Waals surface area contributed by atoms with Crippen LogP contribution in [0.15, 0.2) is 237 Å². The molecule has 3 aliphatic heterocycles. The Morgan fingerprint density at radius 1 is 0.381 bits per heavy atom. The zero-order chi connectivity index (χ0) is 41.5. The smallest absolute Gasteiger partial charge is 0.249 e. The highest BCUT2D eigenvalue weighted by molar-refractivity contribution is 7.27. The van der Waals surface area contributed by atoms with Gasteiger partial charge in [-0.05, 0) is 85.1 Å². The van der Waals surface area contributed by atoms with Crippen LogP contribution in [0.1, 0.15) is 0 Å². The summed E-state index contributed by atoms with van der Waals surface area (Å²) < 4.78 is 0. The Labute approximate surface area is 369 Å². The molecule has 3 aliphatic rings. The Hall–Kier alpha value is -7.66. The van der Waals surface area contributed by atoms with Crippen molar-refractivity contribution in [2.75, 3.05) is 9.80 Å². The van der Waals surface area contributed by atoms with E-state index >= 15 is 0 Å². The predicted molar refractivity (Wildman–Crippen MR) is 270 cm³/mol. The fourth-order valence-corrected chi connectivity index (χ4v) is 16.8. The van der Waals surface area contributed by atoms with E-state index in [2.05, 4.69) is 234 Å². The highest BCUT2D eigenvalue weighted by atomic mass is 28.3. The number of benzene rings is 9. The fourth-order valence-electron chi connectivity index (χ4n) is 11.5. The number of anilines is 6. The Morgan fingerprint density at radius 2 is 0.921 bits per heavy atom. The number of fused-ring (bicyclic) bond motifs is 8. The second-order valence-corrected chi connectivity index (χ2v) is 20.7. The third kappa shape index (κ3) is 5.13. The first-order chi connectivity index (χ1) is 31.3. The molecule has 10 aromatic rings. The summed E-state index contributed by atoms with van der Waals surface area (Å²) in [4.78, 5) is 10.3. The van der Waals surface area contributed by atoms with E-state index in [1.54, 1.807) is 0 Å². The molecule has 0 atom stereocenters. The second-order valence-electron chi connectivity index (χ2n) is 16.9. The van der Waals surface area contributed by atoms with Crippen molar-refractivity contribution < 1.29 is 0 Å². The molecule has 3 nitrogen and oxygen atoms in total. The van der Waals surface area contributed by atoms with E-state index in [1.807, 2.05) is 12.3 Å². The van der Waals surface area contributed by atoms with Gasteiger partial charge in [-0.25, -0.2) is 0 Å². The molecule has 0 radical (unpaired) electrons. The van der Waals surface area contributed by atoms with Gasteiger partial charge in [-0.15, -0.1) is 0 Å². The van der Waals surface area contributed by atoms with Gasteiger partial charge >= 0.3 is 0 Å². The van der Waals surface area contributed by atoms with Crippen molar-refractivity contribution in [3.05, 3.63) is 237 Å². The zero-order valence-corrected chi connectivity index (χ0v) is 35.5. The fraction of sp³-hybridized carbons (Fsp3) is 0. The summed E-state index contributed by atoms with van der Waals surface area (Å²) >= 11 is 0. The molecule has 1 aromatic heterocycles. The standard InChI is InChI=1S/C57H39B2N3Si/c1-5-23-41(24-6-1)58-45-31-13-17-35-49(45)62(50-36-19-21-40-22-20-38-60-56(40)50)51-39-53-55-57(54(51)58)61(42-25-7-2-8-26-42)48-34-16-14-32-46(48)59(55)47-33-15-18-37-52(47)63(53,43-27-9-3-10-28-43)44-29-11-4-12-30-44/h1-39H. The molecule has 6 heteroatoms. The van der Waals surface area contributed by atoms with Crippen LogP contribution in [0.2, 0.25) is 0 Å². The molecule has 63 heavy (non-hydrogen) atoms. The van der Waals surface area contributed by atoms with Crippen molar-refractivity contribution in [2.24, 2.45) is 0 Å². The first-order valence-electron chi connectivity index (χ1n) is 22.0. The number of para-hydroxylation sites is 4. The van der Waals surface area contributed by atoms with Gasteiger partial charge in [0.1, 0.15) is 0 Å². The van der Waals surface area contributed by atoms with E-state index in [9.17, 15) is 0 Å². The van der Waals surface area contributed by atoms with Crippen LogP contribution in [0.25, 0.3) is 10.9 Å². The molecule has 0 bridgehead atoms. The van der Waals surface area contributed by atoms with Gasteiger partial charge in [0, 0.05) is 40.0 Å². The van der Waals surface area contributed by atoms with Crippen molar-refractivity contribution in [2.45, 2.75) is 0 Å². The maximum Gasteiger partial charge on any atom is 0.249 e. The maximum absolute atomic E-state index is 5.14. The van der Waals surface area contributed by atoms with Crippen LogP contribution in [0.3, 0.4) is 0 Å². The van der Waals surface area contributed by atoms with E-state index < -0.39 is 8.07 Å². The number of hydrogen-bond acceptors (Lipinski definition) is 3. The first kappa shape index (κ1) is 36.0. The number of hydrogen-bond donors (Lipinski definition) is 0. The summed E-state index contributed by atoms with van der Waals surface area (Å²) in [5.41, 5.74) is 16.0. The Morgan fingerprint density at radius 3 is 1.62 bits per heavy atom. The molecule has 0 N–H and O–H groups in total. The summed E-state index contributed by atoms with van der Waals surface area (Å²) in [6.07, 6.45) is 1.93. The lowest BCUT2D eigenvalue weighted by molar-refractivity contribution is 1.26. The van der Waals surface area contributed by atoms with Gasteiger partial charge in [0.05, 0.1) is 11.2 Å². The highest BCUT2D eigenvalue weighted by Gasteiger charge is 2.55. The molecule has 0 amide bonds. The Bertz CT molecular complexity index is 3340. The van der Waals surface area contributed by atoms with Crippen molar-refractivity contribution in [1.29, 1.82) is 0 Å². The molecule has 0 spiro atoms. The molecule has 13 rings (SSSR count). The van der Waals surface area contributed by atoms with Crippen LogP contribution in [0, 0.1) is 0 Å². The van der Waals surface area contributed by atoms with Crippen LogP contribution in [-0.2, 0) is 0 Å². The molecule has 0 saturated heterocycles. The molecular weight excluding hydrogens is 776 g/mol. The topological polar surface area (TPSA) is 19.4 Å². The largest absolute Gasteiger partial charge is 0.312 e. The lowest BCUT2D eigenvalue weighted by Crippen LogP contribution is -2.88.